The van der Waals surface area contributed by atoms with Crippen LogP contribution in [0, 0.1) is 5.92 Å². The summed E-state index contributed by atoms with van der Waals surface area (Å²) in [5.74, 6) is 0.390. The Morgan fingerprint density at radius 1 is 1.38 bits per heavy atom. The Morgan fingerprint density at radius 3 is 3.05 bits per heavy atom. The SMILES string of the molecule is CCC1CC2c3[nH]c4ccccc4c3CCN2C=C1C=O. The third kappa shape index (κ3) is 1.84. The smallest absolute Gasteiger partial charge is 0.147 e. The zero-order chi connectivity index (χ0) is 14.4. The van der Waals surface area contributed by atoms with E-state index in [-0.39, 0.29) is 0 Å². The summed E-state index contributed by atoms with van der Waals surface area (Å²) >= 11 is 0. The number of aromatic nitrogens is 1. The van der Waals surface area contributed by atoms with Crippen molar-refractivity contribution in [3.8, 4) is 0 Å². The lowest BCUT2D eigenvalue weighted by Gasteiger charge is -2.41. The summed E-state index contributed by atoms with van der Waals surface area (Å²) in [6, 6.07) is 8.97. The first kappa shape index (κ1) is 12.7. The molecule has 4 rings (SSSR count). The number of carbonyl (C=O) groups is 1. The fraction of sp³-hybridized carbons (Fsp3) is 0.389. The molecule has 1 aromatic carbocycles. The zero-order valence-electron chi connectivity index (χ0n) is 12.3. The number of nitrogens with zero attached hydrogens (tertiary/aromatic N) is 1. The van der Waals surface area contributed by atoms with Crippen molar-refractivity contribution in [1.82, 2.24) is 9.88 Å². The van der Waals surface area contributed by atoms with Gasteiger partial charge in [-0.1, -0.05) is 25.1 Å². The molecule has 0 aliphatic carbocycles. The molecular formula is C18H20N2O. The first-order chi connectivity index (χ1) is 10.3. The van der Waals surface area contributed by atoms with Gasteiger partial charge in [-0.15, -0.1) is 0 Å². The van der Waals surface area contributed by atoms with Crippen LogP contribution >= 0.6 is 0 Å². The van der Waals surface area contributed by atoms with Crippen LogP contribution in [0.15, 0.2) is 36.0 Å². The first-order valence-corrected chi connectivity index (χ1v) is 7.84. The van der Waals surface area contributed by atoms with E-state index in [2.05, 4.69) is 47.3 Å². The molecule has 0 radical (unpaired) electrons. The number of hydrogen-bond donors (Lipinski definition) is 1. The van der Waals surface area contributed by atoms with Gasteiger partial charge in [0.25, 0.3) is 0 Å². The largest absolute Gasteiger partial charge is 0.368 e. The van der Waals surface area contributed by atoms with Gasteiger partial charge in [-0.05, 0) is 36.8 Å². The van der Waals surface area contributed by atoms with Gasteiger partial charge in [-0.2, -0.15) is 0 Å². The highest BCUT2D eigenvalue weighted by Gasteiger charge is 2.34. The van der Waals surface area contributed by atoms with Crippen LogP contribution in [0.25, 0.3) is 10.9 Å². The molecule has 1 N–H and O–H groups in total. The average Bonchev–Trinajstić information content (AvgIpc) is 2.92. The third-order valence-corrected chi connectivity index (χ3v) is 5.12. The van der Waals surface area contributed by atoms with Crippen LogP contribution in [-0.4, -0.2) is 22.7 Å². The molecule has 2 unspecified atom stereocenters. The number of allylic oxidation sites excluding steroid dienone is 1. The van der Waals surface area contributed by atoms with Crippen molar-refractivity contribution < 1.29 is 4.79 Å². The van der Waals surface area contributed by atoms with Crippen LogP contribution in [0.3, 0.4) is 0 Å². The van der Waals surface area contributed by atoms with E-state index >= 15 is 0 Å². The first-order valence-electron chi connectivity index (χ1n) is 7.84. The van der Waals surface area contributed by atoms with E-state index in [9.17, 15) is 4.79 Å². The molecular weight excluding hydrogens is 260 g/mol. The molecule has 3 heterocycles. The predicted molar refractivity (Wildman–Crippen MR) is 84.0 cm³/mol. The average molecular weight is 280 g/mol. The lowest BCUT2D eigenvalue weighted by Crippen LogP contribution is -2.36. The number of H-pyrrole nitrogens is 1. The molecule has 3 nitrogen and oxygen atoms in total. The highest BCUT2D eigenvalue weighted by molar-refractivity contribution is 5.85. The molecule has 21 heavy (non-hydrogen) atoms. The molecule has 0 bridgehead atoms. The van der Waals surface area contributed by atoms with Crippen molar-refractivity contribution in [3.63, 3.8) is 0 Å². The summed E-state index contributed by atoms with van der Waals surface area (Å²) in [6.07, 6.45) is 6.27. The van der Waals surface area contributed by atoms with E-state index in [1.54, 1.807) is 0 Å². The predicted octanol–water partition coefficient (Wildman–Crippen LogP) is 3.58. The van der Waals surface area contributed by atoms with Crippen molar-refractivity contribution in [2.24, 2.45) is 5.92 Å². The monoisotopic (exact) mass is 280 g/mol. The number of hydrogen-bond acceptors (Lipinski definition) is 2. The second-order valence-electron chi connectivity index (χ2n) is 6.15. The number of carbonyl (C=O) groups excluding carboxylic acids is 1. The maximum Gasteiger partial charge on any atom is 0.147 e. The van der Waals surface area contributed by atoms with Crippen molar-refractivity contribution in [3.05, 3.63) is 47.3 Å². The standard InChI is InChI=1S/C18H20N2O/c1-2-12-9-17-18-15(7-8-20(17)10-13(12)11-21)14-5-3-4-6-16(14)19-18/h3-6,10-12,17,19H,2,7-9H2,1H3. The van der Waals surface area contributed by atoms with E-state index in [1.165, 1.54) is 22.2 Å². The maximum atomic E-state index is 11.3. The van der Waals surface area contributed by atoms with Crippen molar-refractivity contribution >= 4 is 17.2 Å². The molecule has 2 aliphatic rings. The van der Waals surface area contributed by atoms with Crippen LogP contribution in [0.1, 0.15) is 37.1 Å². The van der Waals surface area contributed by atoms with Gasteiger partial charge in [0, 0.05) is 34.9 Å². The number of para-hydroxylation sites is 1. The van der Waals surface area contributed by atoms with Crippen molar-refractivity contribution in [2.45, 2.75) is 32.2 Å². The van der Waals surface area contributed by atoms with Crippen LogP contribution < -0.4 is 0 Å². The zero-order valence-corrected chi connectivity index (χ0v) is 12.3. The number of benzene rings is 1. The molecule has 108 valence electrons. The van der Waals surface area contributed by atoms with Gasteiger partial charge >= 0.3 is 0 Å². The second kappa shape index (κ2) is 4.76. The van der Waals surface area contributed by atoms with E-state index in [1.807, 2.05) is 0 Å². The fourth-order valence-electron chi connectivity index (χ4n) is 3.98. The molecule has 0 saturated heterocycles. The van der Waals surface area contributed by atoms with Gasteiger partial charge in [0.05, 0.1) is 6.04 Å². The van der Waals surface area contributed by atoms with Gasteiger partial charge < -0.3 is 9.88 Å². The Hall–Kier alpha value is -2.03. The number of rotatable bonds is 2. The Bertz CT molecular complexity index is 728. The Labute approximate surface area is 124 Å². The molecule has 0 spiro atoms. The molecule has 2 aromatic rings. The topological polar surface area (TPSA) is 36.1 Å². The minimum Gasteiger partial charge on any atom is -0.368 e. The normalized spacial score (nSPS) is 24.4. The van der Waals surface area contributed by atoms with Gasteiger partial charge in [-0.25, -0.2) is 0 Å². The van der Waals surface area contributed by atoms with Gasteiger partial charge in [0.1, 0.15) is 6.29 Å². The lowest BCUT2D eigenvalue weighted by molar-refractivity contribution is -0.105. The summed E-state index contributed by atoms with van der Waals surface area (Å²) in [7, 11) is 0. The van der Waals surface area contributed by atoms with Gasteiger partial charge in [0.2, 0.25) is 0 Å². The van der Waals surface area contributed by atoms with Gasteiger partial charge in [-0.3, -0.25) is 4.79 Å². The molecule has 0 amide bonds. The molecule has 2 aliphatic heterocycles. The highest BCUT2D eigenvalue weighted by atomic mass is 16.1. The minimum absolute atomic E-state index is 0.390. The van der Waals surface area contributed by atoms with Crippen LogP contribution in [-0.2, 0) is 11.2 Å². The molecule has 1 aromatic heterocycles. The van der Waals surface area contributed by atoms with E-state index < -0.39 is 0 Å². The van der Waals surface area contributed by atoms with Crippen LogP contribution in [0.4, 0.5) is 0 Å². The Kier molecular flexibility index (Phi) is 2.88. The van der Waals surface area contributed by atoms with E-state index in [0.29, 0.717) is 12.0 Å². The quantitative estimate of drug-likeness (QED) is 0.854. The van der Waals surface area contributed by atoms with Crippen LogP contribution in [0.2, 0.25) is 0 Å². The lowest BCUT2D eigenvalue weighted by atomic mass is 9.83. The van der Waals surface area contributed by atoms with Crippen molar-refractivity contribution in [2.75, 3.05) is 6.54 Å². The Balaban J connectivity index is 1.82. The molecule has 2 atom stereocenters. The number of aldehydes is 1. The highest BCUT2D eigenvalue weighted by Crippen LogP contribution is 2.42. The third-order valence-electron chi connectivity index (χ3n) is 5.12. The van der Waals surface area contributed by atoms with E-state index in [4.69, 9.17) is 0 Å². The summed E-state index contributed by atoms with van der Waals surface area (Å²) in [5.41, 5.74) is 5.04. The summed E-state index contributed by atoms with van der Waals surface area (Å²) in [4.78, 5) is 17.3. The van der Waals surface area contributed by atoms with Crippen molar-refractivity contribution in [1.29, 1.82) is 0 Å². The Morgan fingerprint density at radius 2 is 2.24 bits per heavy atom. The van der Waals surface area contributed by atoms with E-state index in [0.717, 1.165) is 37.7 Å². The fourth-order valence-corrected chi connectivity index (χ4v) is 3.98. The number of fused-ring (bicyclic) bond motifs is 5. The molecule has 0 saturated carbocycles. The summed E-state index contributed by atoms with van der Waals surface area (Å²) in [6.45, 7) is 3.18. The van der Waals surface area contributed by atoms with Gasteiger partial charge in [0.15, 0.2) is 0 Å². The molecule has 3 heteroatoms. The molecule has 0 fully saturated rings. The minimum atomic E-state index is 0.390. The summed E-state index contributed by atoms with van der Waals surface area (Å²) < 4.78 is 0. The van der Waals surface area contributed by atoms with Crippen LogP contribution in [0.5, 0.6) is 0 Å². The summed E-state index contributed by atoms with van der Waals surface area (Å²) in [5, 5.41) is 1.37. The number of aromatic amines is 1. The number of nitrogens with one attached hydrogen (secondary N) is 1. The second-order valence-corrected chi connectivity index (χ2v) is 6.15. The maximum absolute atomic E-state index is 11.3.